The summed E-state index contributed by atoms with van der Waals surface area (Å²) >= 11 is 0. The number of aliphatic hydroxyl groups excluding tert-OH is 1. The van der Waals surface area contributed by atoms with Gasteiger partial charge in [-0.2, -0.15) is 4.89 Å². The molecule has 2 rings (SSSR count). The maximum atomic E-state index is 11.4. The molecule has 1 heterocycles. The van der Waals surface area contributed by atoms with E-state index in [4.69, 9.17) is 9.78 Å². The molecule has 5 nitrogen and oxygen atoms in total. The molecule has 0 radical (unpaired) electrons. The Bertz CT molecular complexity index is 664. The highest BCUT2D eigenvalue weighted by Gasteiger charge is 2.40. The van der Waals surface area contributed by atoms with Gasteiger partial charge in [0.2, 0.25) is 0 Å². The van der Waals surface area contributed by atoms with Crippen LogP contribution < -0.4 is 0 Å². The number of carbonyl (C=O) groups is 1. The van der Waals surface area contributed by atoms with Gasteiger partial charge in [-0.3, -0.25) is 4.89 Å². The molecule has 1 aliphatic rings. The first kappa shape index (κ1) is 22.3. The summed E-state index contributed by atoms with van der Waals surface area (Å²) < 4.78 is 0. The summed E-state index contributed by atoms with van der Waals surface area (Å²) in [5, 5.41) is 19.5. The van der Waals surface area contributed by atoms with Crippen molar-refractivity contribution in [2.45, 2.75) is 84.2 Å². The summed E-state index contributed by atoms with van der Waals surface area (Å²) in [5.74, 6) is 0.404. The number of aromatic hydroxyl groups is 1. The van der Waals surface area contributed by atoms with Crippen LogP contribution in [-0.2, 0) is 21.0 Å². The molecular weight excluding hydrogens is 356 g/mol. The lowest BCUT2D eigenvalue weighted by atomic mass is 9.91. The Hall–Kier alpha value is -2.01. The lowest BCUT2D eigenvalue weighted by Crippen LogP contribution is -2.38. The Morgan fingerprint density at radius 2 is 1.64 bits per heavy atom. The Kier molecular flexibility index (Phi) is 8.36. The number of aliphatic hydroxyl groups is 1. The van der Waals surface area contributed by atoms with Crippen LogP contribution in [0.25, 0.3) is 0 Å². The van der Waals surface area contributed by atoms with Gasteiger partial charge in [0, 0.05) is 0 Å². The second-order valence-electron chi connectivity index (χ2n) is 8.28. The number of aryl methyl sites for hydroxylation is 1. The number of hydrogen-bond acceptors (Lipinski definition) is 5. The van der Waals surface area contributed by atoms with Crippen LogP contribution in [-0.4, -0.2) is 21.8 Å². The van der Waals surface area contributed by atoms with E-state index in [0.29, 0.717) is 18.1 Å². The van der Waals surface area contributed by atoms with E-state index < -0.39 is 11.6 Å². The van der Waals surface area contributed by atoms with Crippen molar-refractivity contribution in [2.24, 2.45) is 5.92 Å². The van der Waals surface area contributed by atoms with Crippen molar-refractivity contribution in [3.8, 4) is 5.75 Å². The molecule has 5 heteroatoms. The maximum absolute atomic E-state index is 11.4. The van der Waals surface area contributed by atoms with Crippen LogP contribution in [0.2, 0.25) is 0 Å². The molecule has 0 unspecified atom stereocenters. The summed E-state index contributed by atoms with van der Waals surface area (Å²) in [7, 11) is 0. The molecule has 156 valence electrons. The standard InChI is InChI=1S/C23H34O5/c1-17(10-6-7-11-19-12-14-20(24)15-13-19)9-5-4-8-16-23(3)21(25)18(2)22(26)27-28-23/h12-15,17,24-25H,4-11,16H2,1-3H3/t17-,23+/m1/s1. The van der Waals surface area contributed by atoms with Crippen LogP contribution >= 0.6 is 0 Å². The molecule has 0 aromatic heterocycles. The van der Waals surface area contributed by atoms with Gasteiger partial charge < -0.3 is 10.2 Å². The van der Waals surface area contributed by atoms with Crippen LogP contribution in [0.5, 0.6) is 5.75 Å². The highest BCUT2D eigenvalue weighted by atomic mass is 17.2. The first-order valence-electron chi connectivity index (χ1n) is 10.4. The van der Waals surface area contributed by atoms with E-state index in [2.05, 4.69) is 6.92 Å². The van der Waals surface area contributed by atoms with E-state index in [9.17, 15) is 15.0 Å². The second-order valence-corrected chi connectivity index (χ2v) is 8.28. The summed E-state index contributed by atoms with van der Waals surface area (Å²) in [5.41, 5.74) is 0.592. The Morgan fingerprint density at radius 3 is 2.32 bits per heavy atom. The fourth-order valence-electron chi connectivity index (χ4n) is 3.65. The van der Waals surface area contributed by atoms with Crippen LogP contribution in [0, 0.1) is 5.92 Å². The number of phenols is 1. The zero-order chi connectivity index (χ0) is 20.6. The van der Waals surface area contributed by atoms with E-state index in [0.717, 1.165) is 25.7 Å². The molecule has 0 saturated heterocycles. The summed E-state index contributed by atoms with van der Waals surface area (Å²) in [6.07, 6.45) is 9.65. The van der Waals surface area contributed by atoms with Gasteiger partial charge in [-0.05, 0) is 63.1 Å². The molecule has 1 aliphatic heterocycles. The number of phenolic OH excluding ortho intramolecular Hbond substituents is 1. The van der Waals surface area contributed by atoms with Crippen molar-refractivity contribution in [1.82, 2.24) is 0 Å². The first-order chi connectivity index (χ1) is 13.3. The van der Waals surface area contributed by atoms with E-state index in [1.165, 1.54) is 31.2 Å². The van der Waals surface area contributed by atoms with Gasteiger partial charge in [0.05, 0.1) is 5.57 Å². The number of benzene rings is 1. The Balaban J connectivity index is 1.55. The largest absolute Gasteiger partial charge is 0.509 e. The molecule has 0 saturated carbocycles. The van der Waals surface area contributed by atoms with Gasteiger partial charge in [0.15, 0.2) is 5.60 Å². The van der Waals surface area contributed by atoms with Gasteiger partial charge in [-0.1, -0.05) is 51.2 Å². The topological polar surface area (TPSA) is 76.0 Å². The minimum absolute atomic E-state index is 0.00857. The van der Waals surface area contributed by atoms with Crippen LogP contribution in [0.15, 0.2) is 35.6 Å². The van der Waals surface area contributed by atoms with Crippen LogP contribution in [0.4, 0.5) is 0 Å². The summed E-state index contributed by atoms with van der Waals surface area (Å²) in [6, 6.07) is 7.48. The number of rotatable bonds is 11. The minimum Gasteiger partial charge on any atom is -0.509 e. The van der Waals surface area contributed by atoms with E-state index in [1.54, 1.807) is 26.0 Å². The molecule has 2 N–H and O–H groups in total. The number of unbranched alkanes of at least 4 members (excludes halogenated alkanes) is 3. The SMILES string of the molecule is CC1=C(O)[C@](C)(CCCCC[C@@H](C)CCCCc2ccc(O)cc2)OOC1=O. The lowest BCUT2D eigenvalue weighted by molar-refractivity contribution is -0.331. The predicted octanol–water partition coefficient (Wildman–Crippen LogP) is 5.77. The molecule has 0 aliphatic carbocycles. The maximum Gasteiger partial charge on any atom is 0.372 e. The third-order valence-corrected chi connectivity index (χ3v) is 5.66. The van der Waals surface area contributed by atoms with Gasteiger partial charge >= 0.3 is 5.97 Å². The van der Waals surface area contributed by atoms with Gasteiger partial charge in [0.1, 0.15) is 11.5 Å². The molecule has 0 amide bonds. The highest BCUT2D eigenvalue weighted by Crippen LogP contribution is 2.33. The van der Waals surface area contributed by atoms with E-state index in [1.807, 2.05) is 12.1 Å². The van der Waals surface area contributed by atoms with Gasteiger partial charge in [-0.25, -0.2) is 4.79 Å². The van der Waals surface area contributed by atoms with Crippen molar-refractivity contribution >= 4 is 5.97 Å². The first-order valence-corrected chi connectivity index (χ1v) is 10.4. The molecule has 1 aromatic rings. The Morgan fingerprint density at radius 1 is 1.00 bits per heavy atom. The average molecular weight is 391 g/mol. The molecule has 1 aromatic carbocycles. The lowest BCUT2D eigenvalue weighted by Gasteiger charge is -2.31. The van der Waals surface area contributed by atoms with E-state index in [-0.39, 0.29) is 11.3 Å². The molecule has 0 fully saturated rings. The smallest absolute Gasteiger partial charge is 0.372 e. The minimum atomic E-state index is -0.919. The van der Waals surface area contributed by atoms with Crippen LogP contribution in [0.1, 0.15) is 77.7 Å². The third kappa shape index (κ3) is 6.55. The van der Waals surface area contributed by atoms with E-state index >= 15 is 0 Å². The van der Waals surface area contributed by atoms with Crippen molar-refractivity contribution < 1.29 is 24.8 Å². The zero-order valence-corrected chi connectivity index (χ0v) is 17.4. The van der Waals surface area contributed by atoms with Gasteiger partial charge in [0.25, 0.3) is 0 Å². The fraction of sp³-hybridized carbons (Fsp3) is 0.609. The van der Waals surface area contributed by atoms with Gasteiger partial charge in [-0.15, -0.1) is 0 Å². The van der Waals surface area contributed by atoms with Crippen LogP contribution in [0.3, 0.4) is 0 Å². The predicted molar refractivity (Wildman–Crippen MR) is 109 cm³/mol. The number of carbonyl (C=O) groups excluding carboxylic acids is 1. The molecule has 0 spiro atoms. The van der Waals surface area contributed by atoms with Crippen molar-refractivity contribution in [3.05, 3.63) is 41.2 Å². The third-order valence-electron chi connectivity index (χ3n) is 5.66. The van der Waals surface area contributed by atoms with Crippen molar-refractivity contribution in [2.75, 3.05) is 0 Å². The average Bonchev–Trinajstić information content (AvgIpc) is 2.68. The molecular formula is C23H34O5. The fourth-order valence-corrected chi connectivity index (χ4v) is 3.65. The quantitative estimate of drug-likeness (QED) is 0.370. The van der Waals surface area contributed by atoms with Crippen molar-refractivity contribution in [3.63, 3.8) is 0 Å². The summed E-state index contributed by atoms with van der Waals surface area (Å²) in [6.45, 7) is 5.63. The monoisotopic (exact) mass is 390 g/mol. The normalized spacial score (nSPS) is 20.9. The zero-order valence-electron chi connectivity index (χ0n) is 17.4. The molecule has 0 bridgehead atoms. The van der Waals surface area contributed by atoms with Crippen molar-refractivity contribution in [1.29, 1.82) is 0 Å². The summed E-state index contributed by atoms with van der Waals surface area (Å²) in [4.78, 5) is 21.2. The second kappa shape index (κ2) is 10.5. The molecule has 28 heavy (non-hydrogen) atoms. The number of hydrogen-bond donors (Lipinski definition) is 2. The Labute approximate surface area is 168 Å². The highest BCUT2D eigenvalue weighted by molar-refractivity contribution is 5.88. The molecule has 2 atom stereocenters.